The lowest BCUT2D eigenvalue weighted by molar-refractivity contribution is -0.126. The minimum absolute atomic E-state index is 0.0382. The maximum absolute atomic E-state index is 12.6. The fourth-order valence-corrected chi connectivity index (χ4v) is 5.15. The Morgan fingerprint density at radius 3 is 2.87 bits per heavy atom. The molecule has 1 fully saturated rings. The normalized spacial score (nSPS) is 16.4. The Morgan fingerprint density at radius 1 is 1.20 bits per heavy atom. The van der Waals surface area contributed by atoms with Gasteiger partial charge in [-0.2, -0.15) is 0 Å². The van der Waals surface area contributed by atoms with Crippen molar-refractivity contribution in [3.05, 3.63) is 57.3 Å². The van der Waals surface area contributed by atoms with Gasteiger partial charge in [-0.15, -0.1) is 22.7 Å². The lowest BCUT2D eigenvalue weighted by atomic mass is 9.97. The van der Waals surface area contributed by atoms with E-state index in [0.717, 1.165) is 53.4 Å². The Labute approximate surface area is 184 Å². The molecule has 156 valence electrons. The highest BCUT2D eigenvalue weighted by Crippen LogP contribution is 2.22. The van der Waals surface area contributed by atoms with Crippen molar-refractivity contribution in [1.29, 1.82) is 0 Å². The third-order valence-electron chi connectivity index (χ3n) is 5.21. The average Bonchev–Trinajstić information content (AvgIpc) is 3.49. The summed E-state index contributed by atoms with van der Waals surface area (Å²) in [5, 5.41) is 8.09. The number of hydrogen-bond donors (Lipinski definition) is 1. The molecule has 1 aliphatic rings. The molecule has 0 aromatic carbocycles. The van der Waals surface area contributed by atoms with Crippen LogP contribution in [0.3, 0.4) is 0 Å². The van der Waals surface area contributed by atoms with E-state index in [1.54, 1.807) is 23.7 Å². The molecule has 3 aromatic rings. The van der Waals surface area contributed by atoms with Crippen molar-refractivity contribution in [2.45, 2.75) is 25.7 Å². The van der Waals surface area contributed by atoms with Gasteiger partial charge in [-0.25, -0.2) is 4.98 Å². The molecule has 1 atom stereocenters. The summed E-state index contributed by atoms with van der Waals surface area (Å²) in [7, 11) is 0. The fraction of sp³-hybridized carbons (Fsp3) is 0.364. The standard InChI is InChI=1S/C22H24N4O2S2/c27-21(17-4-2-12-26(14-17)22(28)19-5-3-13-29-19)24-9-1-6-20-25-18(15-30-20)16-7-10-23-11-8-16/h3,5,7-8,10-11,13,15,17H,1-2,4,6,9,12,14H2,(H,24,27). The number of likely N-dealkylation sites (tertiary alicyclic amines) is 1. The molecule has 1 saturated heterocycles. The maximum atomic E-state index is 12.6. The number of amides is 2. The van der Waals surface area contributed by atoms with E-state index in [1.165, 1.54) is 11.3 Å². The number of nitrogens with zero attached hydrogens (tertiary/aromatic N) is 3. The van der Waals surface area contributed by atoms with Crippen LogP contribution in [-0.4, -0.2) is 46.3 Å². The van der Waals surface area contributed by atoms with E-state index < -0.39 is 0 Å². The summed E-state index contributed by atoms with van der Waals surface area (Å²) in [6.07, 6.45) is 6.92. The molecule has 4 rings (SSSR count). The first kappa shape index (κ1) is 20.7. The molecule has 0 spiro atoms. The Bertz CT molecular complexity index is 972. The molecule has 4 heterocycles. The van der Waals surface area contributed by atoms with Crippen LogP contribution in [0.4, 0.5) is 0 Å². The number of thiazole rings is 1. The number of carbonyl (C=O) groups is 2. The third-order valence-corrected chi connectivity index (χ3v) is 6.97. The first-order valence-corrected chi connectivity index (χ1v) is 11.9. The zero-order valence-corrected chi connectivity index (χ0v) is 18.3. The van der Waals surface area contributed by atoms with Crippen LogP contribution >= 0.6 is 22.7 Å². The molecule has 0 bridgehead atoms. The number of aryl methyl sites for hydroxylation is 1. The highest BCUT2D eigenvalue weighted by molar-refractivity contribution is 7.12. The zero-order chi connectivity index (χ0) is 20.8. The monoisotopic (exact) mass is 440 g/mol. The van der Waals surface area contributed by atoms with Gasteiger partial charge in [0.1, 0.15) is 0 Å². The first-order valence-electron chi connectivity index (χ1n) is 10.2. The smallest absolute Gasteiger partial charge is 0.263 e. The van der Waals surface area contributed by atoms with Crippen molar-refractivity contribution in [3.8, 4) is 11.3 Å². The highest BCUT2D eigenvalue weighted by atomic mass is 32.1. The van der Waals surface area contributed by atoms with Gasteiger partial charge in [0, 0.05) is 49.4 Å². The second-order valence-corrected chi connectivity index (χ2v) is 9.21. The number of nitrogens with one attached hydrogen (secondary N) is 1. The molecular formula is C22H24N4O2S2. The van der Waals surface area contributed by atoms with Gasteiger partial charge in [0.25, 0.3) is 5.91 Å². The molecule has 0 radical (unpaired) electrons. The van der Waals surface area contributed by atoms with Crippen LogP contribution in [0.15, 0.2) is 47.4 Å². The number of thiophene rings is 1. The van der Waals surface area contributed by atoms with Crippen molar-refractivity contribution in [1.82, 2.24) is 20.2 Å². The van der Waals surface area contributed by atoms with Crippen LogP contribution in [0.5, 0.6) is 0 Å². The molecule has 2 amide bonds. The number of aromatic nitrogens is 2. The van der Waals surface area contributed by atoms with Crippen LogP contribution < -0.4 is 5.32 Å². The summed E-state index contributed by atoms with van der Waals surface area (Å²) in [5.74, 6) is -0.0348. The summed E-state index contributed by atoms with van der Waals surface area (Å²) < 4.78 is 0. The minimum atomic E-state index is -0.124. The zero-order valence-electron chi connectivity index (χ0n) is 16.6. The number of hydrogen-bond acceptors (Lipinski definition) is 6. The van der Waals surface area contributed by atoms with E-state index in [2.05, 4.69) is 20.7 Å². The summed E-state index contributed by atoms with van der Waals surface area (Å²) in [4.78, 5) is 36.4. The molecule has 6 nitrogen and oxygen atoms in total. The topological polar surface area (TPSA) is 75.2 Å². The van der Waals surface area contributed by atoms with Crippen molar-refractivity contribution in [2.75, 3.05) is 19.6 Å². The molecule has 30 heavy (non-hydrogen) atoms. The second-order valence-electron chi connectivity index (χ2n) is 7.32. The van der Waals surface area contributed by atoms with Gasteiger partial charge in [-0.3, -0.25) is 14.6 Å². The molecule has 8 heteroatoms. The summed E-state index contributed by atoms with van der Waals surface area (Å²) in [6, 6.07) is 7.63. The van der Waals surface area contributed by atoms with E-state index in [0.29, 0.717) is 13.1 Å². The van der Waals surface area contributed by atoms with Crippen molar-refractivity contribution >= 4 is 34.5 Å². The Morgan fingerprint density at radius 2 is 2.07 bits per heavy atom. The Hall–Kier alpha value is -2.58. The summed E-state index contributed by atoms with van der Waals surface area (Å²) >= 11 is 3.10. The largest absolute Gasteiger partial charge is 0.356 e. The SMILES string of the molecule is O=C(NCCCc1nc(-c2ccncc2)cs1)C1CCCN(C(=O)c2cccs2)C1. The Balaban J connectivity index is 1.21. The lowest BCUT2D eigenvalue weighted by Crippen LogP contribution is -2.45. The van der Waals surface area contributed by atoms with Crippen LogP contribution in [-0.2, 0) is 11.2 Å². The molecule has 0 saturated carbocycles. The fourth-order valence-electron chi connectivity index (χ4n) is 3.61. The number of piperidine rings is 1. The van der Waals surface area contributed by atoms with Crippen molar-refractivity contribution in [3.63, 3.8) is 0 Å². The molecule has 0 aliphatic carbocycles. The number of rotatable bonds is 7. The van der Waals surface area contributed by atoms with Gasteiger partial charge in [0.05, 0.1) is 21.5 Å². The van der Waals surface area contributed by atoms with Crippen LogP contribution in [0.2, 0.25) is 0 Å². The van der Waals surface area contributed by atoms with Gasteiger partial charge >= 0.3 is 0 Å². The van der Waals surface area contributed by atoms with E-state index in [1.807, 2.05) is 34.5 Å². The van der Waals surface area contributed by atoms with Gasteiger partial charge in [0.2, 0.25) is 5.91 Å². The van der Waals surface area contributed by atoms with Crippen LogP contribution in [0.25, 0.3) is 11.3 Å². The van der Waals surface area contributed by atoms with Crippen molar-refractivity contribution < 1.29 is 9.59 Å². The third kappa shape index (κ3) is 5.12. The number of carbonyl (C=O) groups excluding carboxylic acids is 2. The Kier molecular flexibility index (Phi) is 6.86. The second kappa shape index (κ2) is 9.95. The summed E-state index contributed by atoms with van der Waals surface area (Å²) in [5.41, 5.74) is 2.04. The van der Waals surface area contributed by atoms with Crippen LogP contribution in [0.1, 0.15) is 33.9 Å². The van der Waals surface area contributed by atoms with Crippen LogP contribution in [0, 0.1) is 5.92 Å². The average molecular weight is 441 g/mol. The summed E-state index contributed by atoms with van der Waals surface area (Å²) in [6.45, 7) is 1.85. The molecule has 1 unspecified atom stereocenters. The highest BCUT2D eigenvalue weighted by Gasteiger charge is 2.29. The first-order chi connectivity index (χ1) is 14.7. The number of pyridine rings is 1. The van der Waals surface area contributed by atoms with E-state index in [9.17, 15) is 9.59 Å². The lowest BCUT2D eigenvalue weighted by Gasteiger charge is -2.31. The minimum Gasteiger partial charge on any atom is -0.356 e. The predicted octanol–water partition coefficient (Wildman–Crippen LogP) is 3.87. The quantitative estimate of drug-likeness (QED) is 0.566. The molecule has 1 aliphatic heterocycles. The van der Waals surface area contributed by atoms with Gasteiger partial charge in [-0.1, -0.05) is 6.07 Å². The molecular weight excluding hydrogens is 416 g/mol. The van der Waals surface area contributed by atoms with Gasteiger partial charge in [-0.05, 0) is 42.8 Å². The van der Waals surface area contributed by atoms with E-state index in [4.69, 9.17) is 0 Å². The maximum Gasteiger partial charge on any atom is 0.263 e. The van der Waals surface area contributed by atoms with Gasteiger partial charge < -0.3 is 10.2 Å². The van der Waals surface area contributed by atoms with E-state index >= 15 is 0 Å². The molecule has 1 N–H and O–H groups in total. The predicted molar refractivity (Wildman–Crippen MR) is 120 cm³/mol. The van der Waals surface area contributed by atoms with E-state index in [-0.39, 0.29) is 17.7 Å². The van der Waals surface area contributed by atoms with Gasteiger partial charge in [0.15, 0.2) is 0 Å². The van der Waals surface area contributed by atoms with Crippen molar-refractivity contribution in [2.24, 2.45) is 5.92 Å². The molecule has 3 aromatic heterocycles.